The van der Waals surface area contributed by atoms with Gasteiger partial charge in [-0.25, -0.2) is 0 Å². The summed E-state index contributed by atoms with van der Waals surface area (Å²) >= 11 is 0. The minimum atomic E-state index is -0.0754. The molecule has 0 amide bonds. The second kappa shape index (κ2) is 11.0. The normalized spacial score (nSPS) is 19.6. The maximum Gasteiger partial charge on any atom is 0.251 e. The predicted molar refractivity (Wildman–Crippen MR) is 130 cm³/mol. The molecule has 2 aliphatic rings. The summed E-state index contributed by atoms with van der Waals surface area (Å²) in [6, 6.07) is 7.48. The molecule has 0 radical (unpaired) electrons. The van der Waals surface area contributed by atoms with E-state index < -0.39 is 0 Å². The molecule has 9 heteroatoms. The summed E-state index contributed by atoms with van der Waals surface area (Å²) in [6.45, 7) is 9.01. The molecule has 0 saturated carbocycles. The number of piperidine rings is 1. The van der Waals surface area contributed by atoms with Crippen LogP contribution in [0.15, 0.2) is 65.1 Å². The van der Waals surface area contributed by atoms with Gasteiger partial charge in [-0.3, -0.25) is 9.78 Å². The number of nitrogens with one attached hydrogen (secondary N) is 1. The van der Waals surface area contributed by atoms with Gasteiger partial charge in [0.1, 0.15) is 19.3 Å². The van der Waals surface area contributed by atoms with Gasteiger partial charge in [-0.15, -0.1) is 0 Å². The van der Waals surface area contributed by atoms with Crippen LogP contribution in [0, 0.1) is 11.3 Å². The first-order valence-electron chi connectivity index (χ1n) is 11.5. The molecular formula is C25H30N6O3. The first kappa shape index (κ1) is 23.5. The Morgan fingerprint density at radius 3 is 2.76 bits per heavy atom. The van der Waals surface area contributed by atoms with Crippen molar-refractivity contribution in [2.45, 2.75) is 25.4 Å². The summed E-state index contributed by atoms with van der Waals surface area (Å²) in [5, 5.41) is 12.8. The number of nitrogens with zero attached hydrogens (tertiary/aromatic N) is 4. The van der Waals surface area contributed by atoms with Crippen molar-refractivity contribution < 1.29 is 9.47 Å². The highest BCUT2D eigenvalue weighted by molar-refractivity contribution is 5.75. The topological polar surface area (TPSA) is 118 Å². The van der Waals surface area contributed by atoms with E-state index in [1.54, 1.807) is 16.7 Å². The summed E-state index contributed by atoms with van der Waals surface area (Å²) in [5.74, 6) is 1.17. The number of pyridine rings is 2. The average molecular weight is 463 g/mol. The molecule has 2 fully saturated rings. The third-order valence-electron chi connectivity index (χ3n) is 6.14. The van der Waals surface area contributed by atoms with Crippen molar-refractivity contribution in [2.75, 3.05) is 39.4 Å². The summed E-state index contributed by atoms with van der Waals surface area (Å²) in [6.07, 6.45) is 6.84. The van der Waals surface area contributed by atoms with Gasteiger partial charge in [-0.2, -0.15) is 5.26 Å². The van der Waals surface area contributed by atoms with Crippen LogP contribution in [0.3, 0.4) is 0 Å². The fraction of sp³-hybridized carbons (Fsp3) is 0.400. The van der Waals surface area contributed by atoms with Gasteiger partial charge >= 0.3 is 0 Å². The second-order valence-corrected chi connectivity index (χ2v) is 8.45. The Morgan fingerprint density at radius 2 is 2.03 bits per heavy atom. The van der Waals surface area contributed by atoms with Crippen molar-refractivity contribution in [3.8, 4) is 6.07 Å². The molecule has 3 N–H and O–H groups in total. The predicted octanol–water partition coefficient (Wildman–Crippen LogP) is 1.61. The number of nitriles is 1. The summed E-state index contributed by atoms with van der Waals surface area (Å²) in [4.78, 5) is 19.1. The first-order valence-corrected chi connectivity index (χ1v) is 11.5. The second-order valence-electron chi connectivity index (χ2n) is 8.45. The smallest absolute Gasteiger partial charge is 0.251 e. The van der Waals surface area contributed by atoms with E-state index in [4.69, 9.17) is 15.2 Å². The van der Waals surface area contributed by atoms with Crippen molar-refractivity contribution in [1.82, 2.24) is 19.8 Å². The molecule has 9 nitrogen and oxygen atoms in total. The van der Waals surface area contributed by atoms with Gasteiger partial charge in [0.15, 0.2) is 11.5 Å². The molecule has 0 unspecified atom stereocenters. The molecule has 4 heterocycles. The zero-order chi connectivity index (χ0) is 23.9. The van der Waals surface area contributed by atoms with Gasteiger partial charge in [0, 0.05) is 44.1 Å². The molecule has 0 spiro atoms. The van der Waals surface area contributed by atoms with Crippen LogP contribution in [-0.4, -0.2) is 59.9 Å². The first-order chi connectivity index (χ1) is 16.6. The monoisotopic (exact) mass is 462 g/mol. The summed E-state index contributed by atoms with van der Waals surface area (Å²) in [7, 11) is 0. The van der Waals surface area contributed by atoms with Crippen LogP contribution >= 0.6 is 0 Å². The molecule has 178 valence electrons. The number of likely N-dealkylation sites (tertiary alicyclic amines) is 1. The van der Waals surface area contributed by atoms with Crippen molar-refractivity contribution in [3.05, 3.63) is 76.3 Å². The van der Waals surface area contributed by atoms with Crippen LogP contribution in [0.25, 0.3) is 11.0 Å². The Labute approximate surface area is 198 Å². The largest absolute Gasteiger partial charge is 0.486 e. The van der Waals surface area contributed by atoms with Crippen LogP contribution in [0.1, 0.15) is 18.4 Å². The van der Waals surface area contributed by atoms with E-state index >= 15 is 0 Å². The SMILES string of the molecule is C=C(/C=C1/OCCO/C1=C/N)CNC1CCN(CCn2c(=O)ccc3ncc(C#N)cc32)CC1. The molecule has 0 bridgehead atoms. The fourth-order valence-electron chi connectivity index (χ4n) is 4.26. The molecular weight excluding hydrogens is 432 g/mol. The van der Waals surface area contributed by atoms with Gasteiger partial charge in [0.05, 0.1) is 16.6 Å². The fourth-order valence-corrected chi connectivity index (χ4v) is 4.26. The van der Waals surface area contributed by atoms with Crippen LogP contribution in [-0.2, 0) is 16.0 Å². The number of ether oxygens (including phenoxy) is 2. The number of hydrogen-bond acceptors (Lipinski definition) is 8. The Hall–Kier alpha value is -3.61. The van der Waals surface area contributed by atoms with Crippen LogP contribution in [0.4, 0.5) is 0 Å². The number of fused-ring (bicyclic) bond motifs is 1. The van der Waals surface area contributed by atoms with Crippen LogP contribution in [0.5, 0.6) is 0 Å². The van der Waals surface area contributed by atoms with Crippen LogP contribution in [0.2, 0.25) is 0 Å². The molecule has 34 heavy (non-hydrogen) atoms. The number of aromatic nitrogens is 2. The van der Waals surface area contributed by atoms with E-state index in [2.05, 4.69) is 27.8 Å². The van der Waals surface area contributed by atoms with Gasteiger partial charge in [0.2, 0.25) is 0 Å². The maximum atomic E-state index is 12.5. The molecule has 2 aliphatic heterocycles. The Morgan fingerprint density at radius 1 is 1.26 bits per heavy atom. The maximum absolute atomic E-state index is 12.5. The zero-order valence-electron chi connectivity index (χ0n) is 19.2. The van der Waals surface area contributed by atoms with E-state index in [0.29, 0.717) is 54.9 Å². The lowest BCUT2D eigenvalue weighted by Crippen LogP contribution is -2.44. The standard InChI is InChI=1S/C25H30N6O3/c1-18(12-23-24(15-27)34-11-10-33-23)16-28-20-4-6-30(7-5-20)8-9-31-22-13-19(14-26)17-29-21(22)2-3-25(31)32/h2-3,12-13,15,17,20,28H,1,4-11,16,27H2/b23-12+,24-15+. The van der Waals surface area contributed by atoms with E-state index in [-0.39, 0.29) is 5.56 Å². The zero-order valence-corrected chi connectivity index (χ0v) is 19.2. The molecule has 2 saturated heterocycles. The van der Waals surface area contributed by atoms with Crippen molar-refractivity contribution in [3.63, 3.8) is 0 Å². The van der Waals surface area contributed by atoms with Crippen molar-refractivity contribution >= 4 is 11.0 Å². The van der Waals surface area contributed by atoms with E-state index in [9.17, 15) is 10.1 Å². The lowest BCUT2D eigenvalue weighted by atomic mass is 10.0. The van der Waals surface area contributed by atoms with Gasteiger partial charge in [0.25, 0.3) is 5.56 Å². The number of rotatable bonds is 7. The Balaban J connectivity index is 1.27. The van der Waals surface area contributed by atoms with Gasteiger partial charge in [-0.05, 0) is 49.7 Å². The Bertz CT molecular complexity index is 1200. The van der Waals surface area contributed by atoms with E-state index in [0.717, 1.165) is 43.6 Å². The van der Waals surface area contributed by atoms with Gasteiger partial charge in [-0.1, -0.05) is 6.58 Å². The average Bonchev–Trinajstić information content (AvgIpc) is 2.87. The minimum absolute atomic E-state index is 0.0754. The molecule has 0 atom stereocenters. The van der Waals surface area contributed by atoms with Gasteiger partial charge < -0.3 is 30.0 Å². The third kappa shape index (κ3) is 5.65. The number of hydrogen-bond donors (Lipinski definition) is 2. The highest BCUT2D eigenvalue weighted by atomic mass is 16.6. The number of nitrogens with two attached hydrogens (primary N) is 1. The summed E-state index contributed by atoms with van der Waals surface area (Å²) < 4.78 is 12.8. The van der Waals surface area contributed by atoms with Crippen molar-refractivity contribution in [1.29, 1.82) is 5.26 Å². The molecule has 0 aliphatic carbocycles. The van der Waals surface area contributed by atoms with E-state index in [1.165, 1.54) is 18.5 Å². The lowest BCUT2D eigenvalue weighted by Gasteiger charge is -2.32. The summed E-state index contributed by atoms with van der Waals surface area (Å²) in [5.41, 5.74) is 8.30. The molecule has 4 rings (SSSR count). The third-order valence-corrected chi connectivity index (χ3v) is 6.14. The Kier molecular flexibility index (Phi) is 7.62. The molecule has 2 aromatic heterocycles. The van der Waals surface area contributed by atoms with Crippen molar-refractivity contribution in [2.24, 2.45) is 5.73 Å². The highest BCUT2D eigenvalue weighted by Gasteiger charge is 2.19. The minimum Gasteiger partial charge on any atom is -0.486 e. The lowest BCUT2D eigenvalue weighted by molar-refractivity contribution is 0.0591. The quantitative estimate of drug-likeness (QED) is 0.637. The van der Waals surface area contributed by atoms with Crippen LogP contribution < -0.4 is 16.6 Å². The molecule has 2 aromatic rings. The highest BCUT2D eigenvalue weighted by Crippen LogP contribution is 2.19. The molecule has 0 aromatic carbocycles. The van der Waals surface area contributed by atoms with E-state index in [1.807, 2.05) is 6.08 Å².